The summed E-state index contributed by atoms with van der Waals surface area (Å²) in [7, 11) is 14.8. The molecule has 629 valence electrons. The van der Waals surface area contributed by atoms with E-state index in [0.717, 1.165) is 72.8 Å². The van der Waals surface area contributed by atoms with E-state index in [-0.39, 0.29) is 37.0 Å². The van der Waals surface area contributed by atoms with Crippen molar-refractivity contribution in [2.24, 2.45) is 10.8 Å². The summed E-state index contributed by atoms with van der Waals surface area (Å²) in [6.45, 7) is 13.4. The Labute approximate surface area is 776 Å². The Hall–Kier alpha value is -13.0. The number of fused-ring (bicyclic) bond motifs is 14. The predicted molar refractivity (Wildman–Crippen MR) is 548 cm³/mol. The number of anilines is 3. The molecule has 7 radical (unpaired) electrons. The molecule has 21 rings (SSSR count). The van der Waals surface area contributed by atoms with Crippen LogP contribution in [0, 0.1) is 35.9 Å². The third kappa shape index (κ3) is 19.7. The van der Waals surface area contributed by atoms with Crippen molar-refractivity contribution < 1.29 is 30.3 Å². The summed E-state index contributed by atoms with van der Waals surface area (Å²) < 4.78 is 5.01. The molecule has 0 aliphatic carbocycles. The fourth-order valence-corrected chi connectivity index (χ4v) is 17.9. The van der Waals surface area contributed by atoms with Crippen molar-refractivity contribution in [2.75, 3.05) is 11.0 Å². The number of nitrogens with zero attached hydrogens (tertiary/aromatic N) is 6. The van der Waals surface area contributed by atoms with Crippen molar-refractivity contribution in [3.8, 4) is 72.7 Å². The molecule has 129 heavy (non-hydrogen) atoms. The number of aryl methyl sites for hydroxylation is 2. The van der Waals surface area contributed by atoms with Gasteiger partial charge in [-0.25, -0.2) is 4.98 Å². The number of aromatic nitrogens is 5. The average molecular weight is 1880 g/mol. The summed E-state index contributed by atoms with van der Waals surface area (Å²) in [5, 5.41) is 41.1. The minimum absolute atomic E-state index is 0. The Kier molecular flexibility index (Phi) is 27.0. The molecule has 0 bridgehead atoms. The van der Waals surface area contributed by atoms with Gasteiger partial charge in [-0.15, -0.1) is 54.0 Å². The molecule has 9 nitrogen and oxygen atoms in total. The van der Waals surface area contributed by atoms with Gasteiger partial charge in [0.1, 0.15) is 15.1 Å². The zero-order chi connectivity index (χ0) is 88.8. The van der Waals surface area contributed by atoms with Crippen molar-refractivity contribution in [1.82, 2.24) is 24.5 Å². The summed E-state index contributed by atoms with van der Waals surface area (Å²) in [4.78, 5) is 21.2. The second-order valence-corrected chi connectivity index (χ2v) is 38.0. The zero-order valence-electron chi connectivity index (χ0n) is 73.4. The topological polar surface area (TPSA) is 124 Å². The van der Waals surface area contributed by atoms with Gasteiger partial charge < -0.3 is 29.8 Å². The molecule has 4 aromatic heterocycles. The fraction of sp³-hybridized carbons (Fsp3) is 0.123. The van der Waals surface area contributed by atoms with Gasteiger partial charge in [-0.3, -0.25) is 9.97 Å². The van der Waals surface area contributed by atoms with E-state index in [1.54, 1.807) is 6.20 Å². The third-order valence-electron chi connectivity index (χ3n) is 23.7. The molecule has 15 heteroatoms. The van der Waals surface area contributed by atoms with Crippen LogP contribution in [-0.2, 0) is 20.1 Å². The number of aliphatic hydroxyl groups is 2. The van der Waals surface area contributed by atoms with Gasteiger partial charge in [0.2, 0.25) is 0 Å². The molecule has 0 fully saturated rings. The SMILES string of the molecule is CC(C)(C)C(O)CC(O)C(C)(C)C.Cc1cnc(-c2[c-]cccc2)c(C)n1.[B]CP([B])([B])=N.[Ir].c1cc(-c2cnc3c4ccccc4c4ccccc4c3n2)cc(-c2cccc3c2sc2ccccc23)c1.c1ccc(-n2c3ccccc3c3cc(-c4ccc(N(c5ccc(-c6cccc7ccccc67)cc5)c5ccc(-c6cccc7ccccc67)cc5)cc4)ccc32)cc1. The van der Waals surface area contributed by atoms with Crippen molar-refractivity contribution in [3.05, 3.63) is 400 Å². The predicted octanol–water partition coefficient (Wildman–Crippen LogP) is 30.0. The molecule has 0 aliphatic heterocycles. The molecule has 21 aromatic rings. The molecule has 0 amide bonds. The number of hydrogen-bond acceptors (Lipinski definition) is 9. The Bertz CT molecular complexity index is 7440. The number of benzene rings is 17. The Balaban J connectivity index is 0.000000145. The largest absolute Gasteiger partial charge is 0.392 e. The van der Waals surface area contributed by atoms with Crippen LogP contribution >= 0.6 is 18.1 Å². The van der Waals surface area contributed by atoms with E-state index >= 15 is 0 Å². The van der Waals surface area contributed by atoms with E-state index in [1.165, 1.54) is 124 Å². The molecule has 0 saturated heterocycles. The molecule has 2 unspecified atom stereocenters. The molecule has 17 aromatic carbocycles. The van der Waals surface area contributed by atoms with Crippen LogP contribution in [0.25, 0.3) is 169 Å². The quantitative estimate of drug-likeness (QED) is 0.0455. The molecule has 2 atom stereocenters. The van der Waals surface area contributed by atoms with Crippen LogP contribution in [0.15, 0.2) is 382 Å². The Morgan fingerprint density at radius 2 is 0.868 bits per heavy atom. The van der Waals surface area contributed by atoms with Gasteiger partial charge >= 0.3 is 0 Å². The molecular weight excluding hydrogens is 1790 g/mol. The van der Waals surface area contributed by atoms with E-state index in [0.29, 0.717) is 6.42 Å². The minimum atomic E-state index is -2.37. The van der Waals surface area contributed by atoms with Crippen molar-refractivity contribution >= 4 is 154 Å². The van der Waals surface area contributed by atoms with Crippen molar-refractivity contribution in [2.45, 2.75) is 74.0 Å². The second-order valence-electron chi connectivity index (χ2n) is 34.7. The number of nitrogens with one attached hydrogen (secondary N) is 1. The van der Waals surface area contributed by atoms with E-state index in [1.807, 2.05) is 97.2 Å². The third-order valence-corrected chi connectivity index (χ3v) is 25.5. The standard InChI is InChI=1S/C56H38N2.C34H20N2S.C12H11N2.C11H24O2.CH3B3NP.Ir/c1-2-16-45(17-3-1)58-55-23-9-8-20-53(55)54-38-44(30-37-56(54)58)39-24-31-46(32-25-39)57(47-33-26-42(27-34-47)51-21-10-14-40-12-4-6-18-49(40)51)48-35-28-43(29-36-48)52-22-11-15-41-13-5-7-19-50(41)52;1-3-14-27-24(11-1)25-12-2-4-15-28(25)33-32(27)35-20-30(36-33)22-10-7-9-21(19-22)23-16-8-17-29-26-13-5-6-18-31(26)37-34(23)29;1-9-8-13-12(10(2)14-9)11-6-4-3-5-7-11;1-10(2,3)8(12)7-9(13)11(4,5)6;2-1-6(3,4)5;/h1-38H;1-20H;3-6,8H,1-2H3;8-9,12-13H,7H2,1-6H3;5H,1H2;/q;;-1;;;. The van der Waals surface area contributed by atoms with Gasteiger partial charge in [-0.05, 0) is 180 Å². The number of para-hydroxylation sites is 2. The maximum Gasteiger partial charge on any atom is 0.119 e. The maximum atomic E-state index is 9.76. The van der Waals surface area contributed by atoms with Crippen LogP contribution in [0.5, 0.6) is 0 Å². The number of hydrogen-bond donors (Lipinski definition) is 3. The van der Waals surface area contributed by atoms with E-state index in [2.05, 4.69) is 371 Å². The van der Waals surface area contributed by atoms with Crippen LogP contribution in [0.2, 0.25) is 0 Å². The zero-order valence-corrected chi connectivity index (χ0v) is 77.5. The molecule has 0 aliphatic rings. The smallest absolute Gasteiger partial charge is 0.119 e. The number of aliphatic hydroxyl groups excluding tert-OH is 2. The van der Waals surface area contributed by atoms with Crippen molar-refractivity contribution in [1.29, 1.82) is 5.16 Å². The first-order valence-electron chi connectivity index (χ1n) is 43.3. The van der Waals surface area contributed by atoms with Gasteiger partial charge in [0.15, 0.2) is 0 Å². The van der Waals surface area contributed by atoms with Gasteiger partial charge in [0.25, 0.3) is 0 Å². The molecule has 0 saturated carbocycles. The summed E-state index contributed by atoms with van der Waals surface area (Å²) >= 11 is 1.86. The van der Waals surface area contributed by atoms with Gasteiger partial charge in [-0.2, -0.15) is 0 Å². The van der Waals surface area contributed by atoms with E-state index in [4.69, 9.17) is 38.1 Å². The fourth-order valence-electron chi connectivity index (χ4n) is 16.7. The van der Waals surface area contributed by atoms with Crippen LogP contribution in [0.3, 0.4) is 0 Å². The summed E-state index contributed by atoms with van der Waals surface area (Å²) in [5.41, 5.74) is 24.0. The first-order chi connectivity index (χ1) is 62.0. The van der Waals surface area contributed by atoms with Gasteiger partial charge in [0, 0.05) is 114 Å². The molecule has 4 heterocycles. The average Bonchev–Trinajstić information content (AvgIpc) is 1.70. The van der Waals surface area contributed by atoms with Crippen LogP contribution < -0.4 is 4.90 Å². The summed E-state index contributed by atoms with van der Waals surface area (Å²) in [5.74, 6) is 0. The monoisotopic (exact) mass is 1880 g/mol. The van der Waals surface area contributed by atoms with E-state index < -0.39 is 19.0 Å². The molecule has 3 N–H and O–H groups in total. The van der Waals surface area contributed by atoms with Crippen LogP contribution in [0.4, 0.5) is 17.1 Å². The summed E-state index contributed by atoms with van der Waals surface area (Å²) in [6.07, 6.45) is 3.27. The van der Waals surface area contributed by atoms with Crippen molar-refractivity contribution in [3.63, 3.8) is 0 Å². The van der Waals surface area contributed by atoms with Crippen LogP contribution in [-0.4, -0.2) is 76.0 Å². The minimum Gasteiger partial charge on any atom is -0.392 e. The molecular formula is C114H96B3IrN7O2PS-. The van der Waals surface area contributed by atoms with Gasteiger partial charge in [0.05, 0.1) is 59.7 Å². The number of rotatable bonds is 13. The first kappa shape index (κ1) is 89.4. The van der Waals surface area contributed by atoms with Crippen LogP contribution in [0.1, 0.15) is 59.4 Å². The summed E-state index contributed by atoms with van der Waals surface area (Å²) in [6, 6.07) is 136. The normalized spacial score (nSPS) is 12.0. The van der Waals surface area contributed by atoms with Gasteiger partial charge in [-0.1, -0.05) is 315 Å². The number of thiophene rings is 1. The Morgan fingerprint density at radius 3 is 1.43 bits per heavy atom. The Morgan fingerprint density at radius 1 is 0.411 bits per heavy atom. The maximum absolute atomic E-state index is 9.76. The second kappa shape index (κ2) is 38.9. The molecule has 0 spiro atoms. The first-order valence-corrected chi connectivity index (χ1v) is 46.2. The van der Waals surface area contributed by atoms with E-state index in [9.17, 15) is 10.2 Å².